The predicted molar refractivity (Wildman–Crippen MR) is 81.1 cm³/mol. The Labute approximate surface area is 122 Å². The first kappa shape index (κ1) is 13.2. The largest absolute Gasteiger partial charge is 0.458 e. The summed E-state index contributed by atoms with van der Waals surface area (Å²) in [6.07, 6.45) is 0.0476. The van der Waals surface area contributed by atoms with Crippen molar-refractivity contribution >= 4 is 22.6 Å². The molecule has 2 aromatic carbocycles. The van der Waals surface area contributed by atoms with E-state index in [-0.39, 0.29) is 0 Å². The van der Waals surface area contributed by atoms with Gasteiger partial charge in [-0.15, -0.1) is 0 Å². The lowest BCUT2D eigenvalue weighted by molar-refractivity contribution is 0.191. The Hall–Kier alpha value is -1.77. The van der Waals surface area contributed by atoms with E-state index in [4.69, 9.17) is 16.0 Å². The fourth-order valence-electron chi connectivity index (χ4n) is 2.50. The lowest BCUT2D eigenvalue weighted by Crippen LogP contribution is -2.00. The molecule has 0 bridgehead atoms. The number of benzene rings is 2. The number of hydrogen-bond acceptors (Lipinski definition) is 2. The number of aliphatic hydroxyl groups excluding tert-OH is 1. The van der Waals surface area contributed by atoms with Gasteiger partial charge in [0.1, 0.15) is 17.4 Å². The maximum absolute atomic E-state index is 10.6. The molecule has 102 valence electrons. The summed E-state index contributed by atoms with van der Waals surface area (Å²) >= 11 is 5.88. The summed E-state index contributed by atoms with van der Waals surface area (Å²) in [5.74, 6) is 0.621. The average Bonchev–Trinajstić information content (AvgIpc) is 2.85. The van der Waals surface area contributed by atoms with Crippen LogP contribution in [-0.4, -0.2) is 5.11 Å². The number of fused-ring (bicyclic) bond motifs is 1. The zero-order chi connectivity index (χ0) is 14.1. The minimum absolute atomic E-state index is 0.621. The summed E-state index contributed by atoms with van der Waals surface area (Å²) in [6, 6.07) is 15.0. The van der Waals surface area contributed by atoms with Gasteiger partial charge in [-0.25, -0.2) is 0 Å². The molecule has 3 heteroatoms. The second-order valence-corrected chi connectivity index (χ2v) is 5.19. The SMILES string of the molecule is CCc1c(C(O)c2ccc(Cl)cc2)oc2ccccc12. The van der Waals surface area contributed by atoms with Crippen LogP contribution < -0.4 is 0 Å². The molecule has 0 aliphatic carbocycles. The molecule has 20 heavy (non-hydrogen) atoms. The zero-order valence-corrected chi connectivity index (χ0v) is 11.9. The van der Waals surface area contributed by atoms with Gasteiger partial charge in [0, 0.05) is 16.0 Å². The molecule has 1 aromatic heterocycles. The third-order valence-corrected chi connectivity index (χ3v) is 3.77. The molecule has 1 N–H and O–H groups in total. The molecule has 1 unspecified atom stereocenters. The maximum Gasteiger partial charge on any atom is 0.141 e. The fourth-order valence-corrected chi connectivity index (χ4v) is 2.63. The van der Waals surface area contributed by atoms with Crippen LogP contribution in [0.5, 0.6) is 0 Å². The van der Waals surface area contributed by atoms with E-state index in [1.807, 2.05) is 36.4 Å². The number of aryl methyl sites for hydroxylation is 1. The van der Waals surface area contributed by atoms with Gasteiger partial charge in [0.15, 0.2) is 0 Å². The third kappa shape index (κ3) is 2.21. The highest BCUT2D eigenvalue weighted by Crippen LogP contribution is 2.33. The summed E-state index contributed by atoms with van der Waals surface area (Å²) in [5.41, 5.74) is 2.65. The highest BCUT2D eigenvalue weighted by atomic mass is 35.5. The van der Waals surface area contributed by atoms with Gasteiger partial charge in [0.2, 0.25) is 0 Å². The minimum atomic E-state index is -0.769. The summed E-state index contributed by atoms with van der Waals surface area (Å²) in [5, 5.41) is 12.3. The number of aliphatic hydroxyl groups is 1. The van der Waals surface area contributed by atoms with Crippen molar-refractivity contribution in [2.24, 2.45) is 0 Å². The van der Waals surface area contributed by atoms with Gasteiger partial charge in [-0.2, -0.15) is 0 Å². The second-order valence-electron chi connectivity index (χ2n) is 4.75. The first-order valence-corrected chi connectivity index (χ1v) is 7.02. The van der Waals surface area contributed by atoms with Crippen molar-refractivity contribution in [2.75, 3.05) is 0 Å². The molecule has 2 nitrogen and oxygen atoms in total. The van der Waals surface area contributed by atoms with Gasteiger partial charge < -0.3 is 9.52 Å². The van der Waals surface area contributed by atoms with Gasteiger partial charge in [0.25, 0.3) is 0 Å². The van der Waals surface area contributed by atoms with E-state index in [1.165, 1.54) is 0 Å². The quantitative estimate of drug-likeness (QED) is 0.755. The fraction of sp³-hybridized carbons (Fsp3) is 0.176. The second kappa shape index (κ2) is 5.31. The standard InChI is InChI=1S/C17H15ClO2/c1-2-13-14-5-3-4-6-15(14)20-17(13)16(19)11-7-9-12(18)10-8-11/h3-10,16,19H,2H2,1H3. The van der Waals surface area contributed by atoms with Crippen LogP contribution in [0, 0.1) is 0 Å². The maximum atomic E-state index is 10.6. The van der Waals surface area contributed by atoms with Crippen LogP contribution >= 0.6 is 11.6 Å². The summed E-state index contributed by atoms with van der Waals surface area (Å²) in [4.78, 5) is 0. The van der Waals surface area contributed by atoms with Crippen molar-refractivity contribution in [1.29, 1.82) is 0 Å². The third-order valence-electron chi connectivity index (χ3n) is 3.52. The normalized spacial score (nSPS) is 12.8. The van der Waals surface area contributed by atoms with Crippen molar-refractivity contribution in [3.8, 4) is 0 Å². The Balaban J connectivity index is 2.11. The Morgan fingerprint density at radius 1 is 1.10 bits per heavy atom. The summed E-state index contributed by atoms with van der Waals surface area (Å²) < 4.78 is 5.85. The molecule has 0 aliphatic rings. The molecule has 0 fully saturated rings. The van der Waals surface area contributed by atoms with Crippen LogP contribution in [0.15, 0.2) is 52.9 Å². The highest BCUT2D eigenvalue weighted by Gasteiger charge is 2.20. The summed E-state index contributed by atoms with van der Waals surface area (Å²) in [7, 11) is 0. The molecule has 0 amide bonds. The topological polar surface area (TPSA) is 33.4 Å². The van der Waals surface area contributed by atoms with Crippen LogP contribution in [0.25, 0.3) is 11.0 Å². The van der Waals surface area contributed by atoms with Crippen molar-refractivity contribution in [3.63, 3.8) is 0 Å². The zero-order valence-electron chi connectivity index (χ0n) is 11.1. The molecule has 1 atom stereocenters. The van der Waals surface area contributed by atoms with E-state index in [9.17, 15) is 5.11 Å². The number of hydrogen-bond donors (Lipinski definition) is 1. The Bertz CT molecular complexity index is 728. The predicted octanol–water partition coefficient (Wildman–Crippen LogP) is 4.73. The average molecular weight is 287 g/mol. The molecule has 0 spiro atoms. The Morgan fingerprint density at radius 3 is 2.50 bits per heavy atom. The van der Waals surface area contributed by atoms with E-state index in [0.29, 0.717) is 10.8 Å². The van der Waals surface area contributed by atoms with E-state index in [0.717, 1.165) is 28.5 Å². The van der Waals surface area contributed by atoms with Gasteiger partial charge in [-0.05, 0) is 30.2 Å². The van der Waals surface area contributed by atoms with Gasteiger partial charge in [-0.3, -0.25) is 0 Å². The highest BCUT2D eigenvalue weighted by molar-refractivity contribution is 6.30. The van der Waals surface area contributed by atoms with Crippen molar-refractivity contribution in [1.82, 2.24) is 0 Å². The van der Waals surface area contributed by atoms with Gasteiger partial charge in [-0.1, -0.05) is 48.9 Å². The monoisotopic (exact) mass is 286 g/mol. The smallest absolute Gasteiger partial charge is 0.141 e. The molecular formula is C17H15ClO2. The molecule has 0 saturated carbocycles. The molecule has 0 radical (unpaired) electrons. The lowest BCUT2D eigenvalue weighted by Gasteiger charge is -2.10. The van der Waals surface area contributed by atoms with E-state index < -0.39 is 6.10 Å². The van der Waals surface area contributed by atoms with E-state index in [1.54, 1.807) is 12.1 Å². The first-order chi connectivity index (χ1) is 9.70. The molecule has 0 aliphatic heterocycles. The van der Waals surface area contributed by atoms with E-state index >= 15 is 0 Å². The molecule has 3 rings (SSSR count). The lowest BCUT2D eigenvalue weighted by atomic mass is 10.0. The first-order valence-electron chi connectivity index (χ1n) is 6.64. The Morgan fingerprint density at radius 2 is 1.80 bits per heavy atom. The van der Waals surface area contributed by atoms with Crippen LogP contribution in [0.3, 0.4) is 0 Å². The van der Waals surface area contributed by atoms with Gasteiger partial charge >= 0.3 is 0 Å². The molecular weight excluding hydrogens is 272 g/mol. The molecule has 0 saturated heterocycles. The van der Waals surface area contributed by atoms with E-state index in [2.05, 4.69) is 6.92 Å². The van der Waals surface area contributed by atoms with Crippen LogP contribution in [0.4, 0.5) is 0 Å². The molecule has 3 aromatic rings. The number of para-hydroxylation sites is 1. The molecule has 1 heterocycles. The van der Waals surface area contributed by atoms with Crippen molar-refractivity contribution < 1.29 is 9.52 Å². The van der Waals surface area contributed by atoms with Crippen LogP contribution in [-0.2, 0) is 6.42 Å². The Kier molecular flexibility index (Phi) is 3.51. The summed E-state index contributed by atoms with van der Waals surface area (Å²) in [6.45, 7) is 2.06. The van der Waals surface area contributed by atoms with Crippen LogP contribution in [0.2, 0.25) is 5.02 Å². The van der Waals surface area contributed by atoms with Crippen LogP contribution in [0.1, 0.15) is 29.9 Å². The number of rotatable bonds is 3. The number of furan rings is 1. The van der Waals surface area contributed by atoms with Gasteiger partial charge in [0.05, 0.1) is 0 Å². The number of halogens is 1. The minimum Gasteiger partial charge on any atom is -0.458 e. The van der Waals surface area contributed by atoms with Crippen molar-refractivity contribution in [3.05, 3.63) is 70.4 Å². The van der Waals surface area contributed by atoms with Crippen molar-refractivity contribution in [2.45, 2.75) is 19.4 Å².